The molecule has 8 nitrogen and oxygen atoms in total. The number of aryl methyl sites for hydroxylation is 1. The van der Waals surface area contributed by atoms with Crippen LogP contribution in [0.3, 0.4) is 0 Å². The van der Waals surface area contributed by atoms with Crippen LogP contribution in [-0.2, 0) is 24.9 Å². The molecule has 3 aromatic rings. The van der Waals surface area contributed by atoms with Crippen LogP contribution >= 0.6 is 0 Å². The molecule has 0 saturated carbocycles. The zero-order valence-corrected chi connectivity index (χ0v) is 17.2. The third-order valence-electron chi connectivity index (χ3n) is 5.46. The Morgan fingerprint density at radius 3 is 2.63 bits per heavy atom. The lowest BCUT2D eigenvalue weighted by atomic mass is 10.2. The summed E-state index contributed by atoms with van der Waals surface area (Å²) in [6.07, 6.45) is 1.73. The van der Waals surface area contributed by atoms with E-state index in [9.17, 15) is 9.59 Å². The lowest BCUT2D eigenvalue weighted by molar-refractivity contribution is 0.0384. The highest BCUT2D eigenvalue weighted by Crippen LogP contribution is 2.08. The van der Waals surface area contributed by atoms with Crippen molar-refractivity contribution in [3.8, 4) is 0 Å². The number of hydrogen-bond acceptors (Lipinski definition) is 6. The van der Waals surface area contributed by atoms with Crippen LogP contribution < -0.4 is 16.6 Å². The molecule has 0 bridgehead atoms. The topological polar surface area (TPSA) is 81.4 Å². The van der Waals surface area contributed by atoms with Crippen LogP contribution in [0, 0.1) is 0 Å². The number of ether oxygens (including phenoxy) is 1. The van der Waals surface area contributed by atoms with Crippen LogP contribution in [-0.4, -0.2) is 58.4 Å². The fourth-order valence-electron chi connectivity index (χ4n) is 3.73. The summed E-state index contributed by atoms with van der Waals surface area (Å²) in [5, 5.41) is 3.87. The maximum Gasteiger partial charge on any atom is 0.332 e. The van der Waals surface area contributed by atoms with E-state index in [1.807, 2.05) is 36.4 Å². The lowest BCUT2D eigenvalue weighted by Crippen LogP contribution is -2.40. The van der Waals surface area contributed by atoms with E-state index >= 15 is 0 Å². The van der Waals surface area contributed by atoms with Crippen molar-refractivity contribution >= 4 is 11.0 Å². The van der Waals surface area contributed by atoms with Gasteiger partial charge in [0.1, 0.15) is 5.65 Å². The average Bonchev–Trinajstić information content (AvgIpc) is 2.79. The highest BCUT2D eigenvalue weighted by atomic mass is 16.5. The minimum atomic E-state index is -0.361. The predicted molar refractivity (Wildman–Crippen MR) is 116 cm³/mol. The first-order chi connectivity index (χ1) is 14.6. The van der Waals surface area contributed by atoms with Gasteiger partial charge in [-0.3, -0.25) is 18.8 Å². The minimum absolute atomic E-state index is 0.240. The monoisotopic (exact) mass is 409 g/mol. The van der Waals surface area contributed by atoms with Gasteiger partial charge in [-0.25, -0.2) is 9.78 Å². The number of aromatic nitrogens is 3. The Morgan fingerprint density at radius 1 is 1.10 bits per heavy atom. The van der Waals surface area contributed by atoms with Crippen molar-refractivity contribution in [2.45, 2.75) is 13.1 Å². The number of benzene rings is 1. The minimum Gasteiger partial charge on any atom is -0.379 e. The fraction of sp³-hybridized carbons (Fsp3) is 0.409. The second kappa shape index (κ2) is 9.34. The van der Waals surface area contributed by atoms with E-state index in [1.165, 1.54) is 9.13 Å². The van der Waals surface area contributed by atoms with Crippen molar-refractivity contribution in [1.82, 2.24) is 24.3 Å². The summed E-state index contributed by atoms with van der Waals surface area (Å²) in [5.74, 6) is 0. The molecule has 1 N–H and O–H groups in total. The number of rotatable bonds is 7. The number of pyridine rings is 1. The van der Waals surface area contributed by atoms with Crippen LogP contribution in [0.2, 0.25) is 0 Å². The molecule has 1 aliphatic rings. The SMILES string of the molecule is Cn1c(=O)n(Cc2ccccc2)c(=O)c2cc(CNCCN3CCOCC3)cnc21. The van der Waals surface area contributed by atoms with Crippen molar-refractivity contribution in [1.29, 1.82) is 0 Å². The first-order valence-electron chi connectivity index (χ1n) is 10.3. The molecular weight excluding hydrogens is 382 g/mol. The molecule has 3 heterocycles. The van der Waals surface area contributed by atoms with Crippen LogP contribution in [0.1, 0.15) is 11.1 Å². The van der Waals surface area contributed by atoms with Gasteiger partial charge in [-0.05, 0) is 17.2 Å². The van der Waals surface area contributed by atoms with E-state index in [1.54, 1.807) is 13.2 Å². The Bertz CT molecular complexity index is 1120. The summed E-state index contributed by atoms with van der Waals surface area (Å²) < 4.78 is 8.08. The van der Waals surface area contributed by atoms with Crippen LogP contribution in [0.15, 0.2) is 52.2 Å². The number of nitrogens with zero attached hydrogens (tertiary/aromatic N) is 4. The summed E-state index contributed by atoms with van der Waals surface area (Å²) >= 11 is 0. The third-order valence-corrected chi connectivity index (χ3v) is 5.46. The van der Waals surface area contributed by atoms with E-state index in [0.29, 0.717) is 17.6 Å². The van der Waals surface area contributed by atoms with E-state index < -0.39 is 0 Å². The van der Waals surface area contributed by atoms with Crippen molar-refractivity contribution in [2.75, 3.05) is 39.4 Å². The molecule has 30 heavy (non-hydrogen) atoms. The van der Waals surface area contributed by atoms with Gasteiger partial charge in [0, 0.05) is 46.0 Å². The normalized spacial score (nSPS) is 15.0. The van der Waals surface area contributed by atoms with Gasteiger partial charge in [-0.1, -0.05) is 30.3 Å². The zero-order valence-electron chi connectivity index (χ0n) is 17.2. The maximum atomic E-state index is 13.1. The molecule has 0 aliphatic carbocycles. The van der Waals surface area contributed by atoms with E-state index in [4.69, 9.17) is 4.74 Å². The fourth-order valence-corrected chi connectivity index (χ4v) is 3.73. The van der Waals surface area contributed by atoms with Crippen LogP contribution in [0.5, 0.6) is 0 Å². The van der Waals surface area contributed by atoms with Gasteiger partial charge in [0.15, 0.2) is 0 Å². The molecule has 2 aromatic heterocycles. The van der Waals surface area contributed by atoms with Gasteiger partial charge in [-0.2, -0.15) is 0 Å². The molecule has 0 radical (unpaired) electrons. The van der Waals surface area contributed by atoms with E-state index in [2.05, 4.69) is 15.2 Å². The predicted octanol–water partition coefficient (Wildman–Crippen LogP) is 0.565. The highest BCUT2D eigenvalue weighted by molar-refractivity contribution is 5.74. The Morgan fingerprint density at radius 2 is 1.87 bits per heavy atom. The lowest BCUT2D eigenvalue weighted by Gasteiger charge is -2.26. The average molecular weight is 409 g/mol. The van der Waals surface area contributed by atoms with Gasteiger partial charge < -0.3 is 10.1 Å². The van der Waals surface area contributed by atoms with Crippen molar-refractivity contribution < 1.29 is 4.74 Å². The van der Waals surface area contributed by atoms with Gasteiger partial charge >= 0.3 is 5.69 Å². The van der Waals surface area contributed by atoms with Crippen LogP contribution in [0.25, 0.3) is 11.0 Å². The molecule has 0 spiro atoms. The second-order valence-corrected chi connectivity index (χ2v) is 7.56. The summed E-state index contributed by atoms with van der Waals surface area (Å²) in [5.41, 5.74) is 1.57. The molecule has 158 valence electrons. The largest absolute Gasteiger partial charge is 0.379 e. The Kier molecular flexibility index (Phi) is 6.37. The first-order valence-corrected chi connectivity index (χ1v) is 10.3. The van der Waals surface area contributed by atoms with E-state index in [-0.39, 0.29) is 17.8 Å². The molecule has 8 heteroatoms. The van der Waals surface area contributed by atoms with Crippen LogP contribution in [0.4, 0.5) is 0 Å². The molecule has 1 aromatic carbocycles. The van der Waals surface area contributed by atoms with Gasteiger partial charge in [-0.15, -0.1) is 0 Å². The number of hydrogen-bond donors (Lipinski definition) is 1. The van der Waals surface area contributed by atoms with E-state index in [0.717, 1.165) is 50.5 Å². The van der Waals surface area contributed by atoms with Gasteiger partial charge in [0.05, 0.1) is 25.1 Å². The second-order valence-electron chi connectivity index (χ2n) is 7.56. The smallest absolute Gasteiger partial charge is 0.332 e. The molecule has 4 rings (SSSR count). The Balaban J connectivity index is 1.52. The number of nitrogens with one attached hydrogen (secondary N) is 1. The highest BCUT2D eigenvalue weighted by Gasteiger charge is 2.13. The van der Waals surface area contributed by atoms with Crippen molar-refractivity contribution in [3.05, 3.63) is 74.6 Å². The number of morpholine rings is 1. The Hall–Kier alpha value is -2.81. The zero-order chi connectivity index (χ0) is 20.9. The molecule has 1 fully saturated rings. The maximum absolute atomic E-state index is 13.1. The molecular formula is C22H27N5O3. The summed E-state index contributed by atoms with van der Waals surface area (Å²) in [6, 6.07) is 11.4. The number of fused-ring (bicyclic) bond motifs is 1. The quantitative estimate of drug-likeness (QED) is 0.575. The molecule has 1 aliphatic heterocycles. The van der Waals surface area contributed by atoms with Gasteiger partial charge in [0.2, 0.25) is 0 Å². The standard InChI is InChI=1S/C22H27N5O3/c1-25-20-19(21(28)27(22(25)29)16-17-5-3-2-4-6-17)13-18(15-24-20)14-23-7-8-26-9-11-30-12-10-26/h2-6,13,15,23H,7-12,14,16H2,1H3. The Labute approximate surface area is 174 Å². The molecule has 0 amide bonds. The first kappa shape index (κ1) is 20.5. The third kappa shape index (κ3) is 4.51. The summed E-state index contributed by atoms with van der Waals surface area (Å²) in [6.45, 7) is 6.19. The van der Waals surface area contributed by atoms with Gasteiger partial charge in [0.25, 0.3) is 5.56 Å². The van der Waals surface area contributed by atoms with Crippen molar-refractivity contribution in [3.63, 3.8) is 0 Å². The summed E-state index contributed by atoms with van der Waals surface area (Å²) in [7, 11) is 1.65. The molecule has 0 atom stereocenters. The van der Waals surface area contributed by atoms with Crippen molar-refractivity contribution in [2.24, 2.45) is 7.05 Å². The molecule has 1 saturated heterocycles. The summed E-state index contributed by atoms with van der Waals surface area (Å²) in [4.78, 5) is 32.5. The molecule has 0 unspecified atom stereocenters.